The molecule has 1 fully saturated rings. The maximum Gasteiger partial charge on any atom is 0.327 e. The summed E-state index contributed by atoms with van der Waals surface area (Å²) in [6.07, 6.45) is 3.95. The van der Waals surface area contributed by atoms with E-state index in [1.807, 2.05) is 13.8 Å². The lowest BCUT2D eigenvalue weighted by molar-refractivity contribution is -0.141. The second-order valence-electron chi connectivity index (χ2n) is 5.17. The lowest BCUT2D eigenvalue weighted by Gasteiger charge is -2.27. The van der Waals surface area contributed by atoms with Gasteiger partial charge < -0.3 is 10.4 Å². The minimum Gasteiger partial charge on any atom is -0.480 e. The van der Waals surface area contributed by atoms with Crippen LogP contribution in [0.25, 0.3) is 0 Å². The summed E-state index contributed by atoms with van der Waals surface area (Å²) in [4.78, 5) is 25.0. The van der Waals surface area contributed by atoms with E-state index in [2.05, 4.69) is 5.32 Å². The van der Waals surface area contributed by atoms with Gasteiger partial charge in [0, 0.05) is 34.6 Å². The Morgan fingerprint density at radius 3 is 2.71 bits per heavy atom. The van der Waals surface area contributed by atoms with Crippen molar-refractivity contribution >= 4 is 34.6 Å². The van der Waals surface area contributed by atoms with Crippen LogP contribution in [0.15, 0.2) is 0 Å². The molecule has 0 aromatic rings. The van der Waals surface area contributed by atoms with E-state index in [1.54, 1.807) is 6.26 Å². The van der Waals surface area contributed by atoms with Crippen molar-refractivity contribution in [2.24, 2.45) is 0 Å². The third kappa shape index (κ3) is 5.18. The van der Waals surface area contributed by atoms with Gasteiger partial charge in [-0.05, 0) is 12.8 Å². The van der Waals surface area contributed by atoms with Crippen molar-refractivity contribution in [1.29, 1.82) is 0 Å². The molecule has 122 valence electrons. The lowest BCUT2D eigenvalue weighted by Crippen LogP contribution is -2.50. The average Bonchev–Trinajstić information content (AvgIpc) is 2.82. The van der Waals surface area contributed by atoms with E-state index in [1.165, 1.54) is 16.7 Å². The summed E-state index contributed by atoms with van der Waals surface area (Å²) in [6, 6.07) is -1.09. The molecule has 4 unspecified atom stereocenters. The van der Waals surface area contributed by atoms with E-state index in [0.717, 1.165) is 12.8 Å². The van der Waals surface area contributed by atoms with Crippen LogP contribution in [0.1, 0.15) is 33.1 Å². The van der Waals surface area contributed by atoms with Crippen LogP contribution in [-0.2, 0) is 15.6 Å². The first-order valence-corrected chi connectivity index (χ1v) is 9.78. The highest BCUT2D eigenvalue weighted by molar-refractivity contribution is 8.00. The van der Waals surface area contributed by atoms with E-state index < -0.39 is 22.8 Å². The van der Waals surface area contributed by atoms with Gasteiger partial charge in [0.2, 0.25) is 0 Å². The fourth-order valence-electron chi connectivity index (χ4n) is 2.14. The predicted molar refractivity (Wildman–Crippen MR) is 86.0 cm³/mol. The van der Waals surface area contributed by atoms with Crippen LogP contribution >= 0.6 is 11.8 Å². The topological polar surface area (TPSA) is 86.7 Å². The number of carboxylic acids is 1. The van der Waals surface area contributed by atoms with Crippen LogP contribution in [0.2, 0.25) is 0 Å². The van der Waals surface area contributed by atoms with Crippen molar-refractivity contribution in [3.63, 3.8) is 0 Å². The van der Waals surface area contributed by atoms with Gasteiger partial charge in [0.05, 0.1) is 5.37 Å². The van der Waals surface area contributed by atoms with E-state index in [-0.39, 0.29) is 16.7 Å². The lowest BCUT2D eigenvalue weighted by atomic mass is 10.2. The standard InChI is InChI=1S/C13H24N2O4S2/c1-4-5-11-15(10(8-20-11)12(16)17)13(18)14-7-6-9(2)21(3)19/h9-11H,4-8H2,1-3H3,(H,14,18)(H,16,17). The van der Waals surface area contributed by atoms with Gasteiger partial charge in [-0.25, -0.2) is 9.59 Å². The quantitative estimate of drug-likeness (QED) is 0.735. The highest BCUT2D eigenvalue weighted by Crippen LogP contribution is 2.32. The fraction of sp³-hybridized carbons (Fsp3) is 0.846. The third-order valence-corrected chi connectivity index (χ3v) is 6.27. The van der Waals surface area contributed by atoms with Crippen molar-refractivity contribution in [1.82, 2.24) is 10.2 Å². The molecule has 0 radical (unpaired) electrons. The molecule has 1 rings (SSSR count). The molecule has 0 aliphatic carbocycles. The van der Waals surface area contributed by atoms with Crippen LogP contribution in [0.5, 0.6) is 0 Å². The molecule has 2 N–H and O–H groups in total. The summed E-state index contributed by atoms with van der Waals surface area (Å²) in [6.45, 7) is 4.29. The van der Waals surface area contributed by atoms with Crippen molar-refractivity contribution < 1.29 is 18.9 Å². The minimum absolute atomic E-state index is 0.0139. The van der Waals surface area contributed by atoms with E-state index in [0.29, 0.717) is 18.7 Å². The number of aliphatic carboxylic acids is 1. The molecule has 0 bridgehead atoms. The molecule has 1 aliphatic heterocycles. The van der Waals surface area contributed by atoms with Gasteiger partial charge in [0.25, 0.3) is 0 Å². The Morgan fingerprint density at radius 1 is 1.52 bits per heavy atom. The first-order valence-electron chi connectivity index (χ1n) is 7.11. The van der Waals surface area contributed by atoms with Crippen LogP contribution in [0.4, 0.5) is 4.79 Å². The predicted octanol–water partition coefficient (Wildman–Crippen LogP) is 1.48. The number of nitrogens with one attached hydrogen (secondary N) is 1. The monoisotopic (exact) mass is 336 g/mol. The first kappa shape index (κ1) is 18.3. The summed E-state index contributed by atoms with van der Waals surface area (Å²) in [5.41, 5.74) is 0. The van der Waals surface area contributed by atoms with Gasteiger partial charge in [-0.3, -0.25) is 9.11 Å². The number of nitrogens with zero attached hydrogens (tertiary/aromatic N) is 1. The zero-order valence-electron chi connectivity index (χ0n) is 12.7. The highest BCUT2D eigenvalue weighted by atomic mass is 32.2. The largest absolute Gasteiger partial charge is 0.480 e. The second-order valence-corrected chi connectivity index (χ2v) is 8.18. The van der Waals surface area contributed by atoms with Gasteiger partial charge >= 0.3 is 12.0 Å². The minimum atomic E-state index is -0.959. The van der Waals surface area contributed by atoms with Gasteiger partial charge in [-0.1, -0.05) is 20.3 Å². The molecule has 0 aromatic carbocycles. The molecular weight excluding hydrogens is 312 g/mol. The summed E-state index contributed by atoms with van der Waals surface area (Å²) in [5, 5.41) is 11.9. The smallest absolute Gasteiger partial charge is 0.327 e. The first-order chi connectivity index (χ1) is 9.88. The normalized spacial score (nSPS) is 24.6. The van der Waals surface area contributed by atoms with Gasteiger partial charge in [0.15, 0.2) is 0 Å². The van der Waals surface area contributed by atoms with Gasteiger partial charge in [0.1, 0.15) is 6.04 Å². The van der Waals surface area contributed by atoms with Gasteiger partial charge in [-0.15, -0.1) is 11.8 Å². The Labute approximate surface area is 132 Å². The number of thioether (sulfide) groups is 1. The number of rotatable bonds is 7. The van der Waals surface area contributed by atoms with Crippen LogP contribution < -0.4 is 5.32 Å². The maximum atomic E-state index is 12.3. The van der Waals surface area contributed by atoms with E-state index >= 15 is 0 Å². The molecular formula is C13H24N2O4S2. The average molecular weight is 336 g/mol. The Hall–Kier alpha value is -0.760. The van der Waals surface area contributed by atoms with Crippen molar-refractivity contribution in [3.05, 3.63) is 0 Å². The number of hydrogen-bond acceptors (Lipinski definition) is 4. The van der Waals surface area contributed by atoms with E-state index in [9.17, 15) is 18.9 Å². The van der Waals surface area contributed by atoms with Crippen molar-refractivity contribution in [2.75, 3.05) is 18.6 Å². The Morgan fingerprint density at radius 2 is 2.19 bits per heavy atom. The number of carbonyl (C=O) groups excluding carboxylic acids is 1. The summed E-state index contributed by atoms with van der Waals surface area (Å²) in [7, 11) is -0.914. The van der Waals surface area contributed by atoms with Crippen molar-refractivity contribution in [3.8, 4) is 0 Å². The number of urea groups is 1. The van der Waals surface area contributed by atoms with E-state index in [4.69, 9.17) is 0 Å². The molecule has 1 heterocycles. The Bertz CT molecular complexity index is 406. The molecule has 0 aromatic heterocycles. The summed E-state index contributed by atoms with van der Waals surface area (Å²) >= 11 is 1.52. The number of carboxylic acid groups (broad SMARTS) is 1. The fourth-order valence-corrected chi connectivity index (χ4v) is 4.10. The maximum absolute atomic E-state index is 12.3. The summed E-state index contributed by atoms with van der Waals surface area (Å²) in [5.74, 6) is -0.526. The second kappa shape index (κ2) is 8.63. The van der Waals surface area contributed by atoms with Gasteiger partial charge in [-0.2, -0.15) is 0 Å². The van der Waals surface area contributed by atoms with Crippen LogP contribution in [0.3, 0.4) is 0 Å². The molecule has 0 spiro atoms. The SMILES string of the molecule is CCCC1SCC(C(=O)O)N1C(=O)NCCC(C)S(C)=O. The summed E-state index contributed by atoms with van der Waals surface area (Å²) < 4.78 is 11.3. The molecule has 2 amide bonds. The number of carbonyl (C=O) groups is 2. The molecule has 1 aliphatic rings. The zero-order chi connectivity index (χ0) is 16.0. The van der Waals surface area contributed by atoms with Crippen LogP contribution in [0, 0.1) is 0 Å². The van der Waals surface area contributed by atoms with Crippen molar-refractivity contribution in [2.45, 2.75) is 49.8 Å². The zero-order valence-corrected chi connectivity index (χ0v) is 14.3. The molecule has 0 saturated carbocycles. The molecule has 4 atom stereocenters. The Balaban J connectivity index is 2.58. The third-order valence-electron chi connectivity index (χ3n) is 3.54. The molecule has 8 heteroatoms. The number of amides is 2. The number of hydrogen-bond donors (Lipinski definition) is 2. The molecule has 6 nitrogen and oxygen atoms in total. The highest BCUT2D eigenvalue weighted by Gasteiger charge is 2.41. The molecule has 21 heavy (non-hydrogen) atoms. The van der Waals surface area contributed by atoms with Crippen LogP contribution in [-0.4, -0.2) is 61.4 Å². The Kier molecular flexibility index (Phi) is 7.51. The molecule has 1 saturated heterocycles.